The monoisotopic (exact) mass is 101 g/mol. The maximum atomic E-state index is 5.15. The summed E-state index contributed by atoms with van der Waals surface area (Å²) in [6.45, 7) is 4.75. The van der Waals surface area contributed by atoms with E-state index >= 15 is 0 Å². The molecule has 0 bridgehead atoms. The SMILES string of the molecule is C=COCCCN. The maximum Gasteiger partial charge on any atom is 0.0885 e. The molecule has 0 atom stereocenters. The Morgan fingerprint density at radius 1 is 1.71 bits per heavy atom. The van der Waals surface area contributed by atoms with Gasteiger partial charge in [0.05, 0.1) is 12.9 Å². The summed E-state index contributed by atoms with van der Waals surface area (Å²) in [5, 5.41) is 0. The molecule has 2 nitrogen and oxygen atoms in total. The van der Waals surface area contributed by atoms with E-state index in [0.717, 1.165) is 6.42 Å². The van der Waals surface area contributed by atoms with Crippen molar-refractivity contribution in [1.82, 2.24) is 0 Å². The van der Waals surface area contributed by atoms with Crippen LogP contribution in [0.15, 0.2) is 12.8 Å². The lowest BCUT2D eigenvalue weighted by molar-refractivity contribution is 0.248. The van der Waals surface area contributed by atoms with Crippen molar-refractivity contribution in [3.63, 3.8) is 0 Å². The predicted octanol–water partition coefficient (Wildman–Crippen LogP) is 0.495. The molecule has 2 heteroatoms. The molecule has 42 valence electrons. The van der Waals surface area contributed by atoms with Crippen LogP contribution in [0.5, 0.6) is 0 Å². The Balaban J connectivity index is 2.56. The summed E-state index contributed by atoms with van der Waals surface area (Å²) >= 11 is 0. The molecule has 0 spiro atoms. The van der Waals surface area contributed by atoms with Crippen LogP contribution in [0.3, 0.4) is 0 Å². The van der Waals surface area contributed by atoms with E-state index in [4.69, 9.17) is 10.5 Å². The Bertz CT molecular complexity index is 45.3. The summed E-state index contributed by atoms with van der Waals surface area (Å²) in [6.07, 6.45) is 2.34. The van der Waals surface area contributed by atoms with Crippen LogP contribution in [0, 0.1) is 0 Å². The van der Waals surface area contributed by atoms with Crippen molar-refractivity contribution in [2.45, 2.75) is 6.42 Å². The minimum absolute atomic E-state index is 0.688. The van der Waals surface area contributed by atoms with E-state index in [9.17, 15) is 0 Å². The average molecular weight is 101 g/mol. The molecule has 7 heavy (non-hydrogen) atoms. The quantitative estimate of drug-likeness (QED) is 0.413. The zero-order valence-electron chi connectivity index (χ0n) is 4.39. The zero-order valence-corrected chi connectivity index (χ0v) is 4.39. The number of hydrogen-bond acceptors (Lipinski definition) is 2. The fraction of sp³-hybridized carbons (Fsp3) is 0.600. The first-order chi connectivity index (χ1) is 3.41. The van der Waals surface area contributed by atoms with Gasteiger partial charge in [0.2, 0.25) is 0 Å². The number of rotatable bonds is 4. The molecule has 0 aliphatic carbocycles. The third-order valence-electron chi connectivity index (χ3n) is 0.584. The van der Waals surface area contributed by atoms with Gasteiger partial charge in [-0.25, -0.2) is 0 Å². The molecule has 0 amide bonds. The Morgan fingerprint density at radius 3 is 2.86 bits per heavy atom. The lowest BCUT2D eigenvalue weighted by Gasteiger charge is -1.93. The van der Waals surface area contributed by atoms with Gasteiger partial charge in [0, 0.05) is 0 Å². The van der Waals surface area contributed by atoms with E-state index in [0.29, 0.717) is 13.2 Å². The van der Waals surface area contributed by atoms with Crippen LogP contribution in [0.4, 0.5) is 0 Å². The minimum Gasteiger partial charge on any atom is -0.502 e. The van der Waals surface area contributed by atoms with Crippen molar-refractivity contribution in [2.24, 2.45) is 5.73 Å². The van der Waals surface area contributed by atoms with Gasteiger partial charge in [-0.05, 0) is 13.0 Å². The van der Waals surface area contributed by atoms with Crippen LogP contribution >= 0.6 is 0 Å². The molecule has 2 N–H and O–H groups in total. The molecule has 0 radical (unpaired) electrons. The molecular weight excluding hydrogens is 90.1 g/mol. The van der Waals surface area contributed by atoms with Crippen LogP contribution in [0.1, 0.15) is 6.42 Å². The van der Waals surface area contributed by atoms with Crippen LogP contribution in [-0.2, 0) is 4.74 Å². The van der Waals surface area contributed by atoms with Crippen LogP contribution < -0.4 is 5.73 Å². The van der Waals surface area contributed by atoms with Crippen LogP contribution in [0.25, 0.3) is 0 Å². The predicted molar refractivity (Wildman–Crippen MR) is 29.8 cm³/mol. The average Bonchev–Trinajstić information content (AvgIpc) is 1.69. The van der Waals surface area contributed by atoms with Crippen molar-refractivity contribution in [3.8, 4) is 0 Å². The first-order valence-electron chi connectivity index (χ1n) is 2.34. The molecule has 0 saturated carbocycles. The van der Waals surface area contributed by atoms with Gasteiger partial charge < -0.3 is 10.5 Å². The molecule has 0 aliphatic heterocycles. The second kappa shape index (κ2) is 5.50. The van der Waals surface area contributed by atoms with Crippen molar-refractivity contribution >= 4 is 0 Å². The summed E-state index contributed by atoms with van der Waals surface area (Å²) < 4.78 is 4.76. The maximum absolute atomic E-state index is 5.15. The summed E-state index contributed by atoms with van der Waals surface area (Å²) in [7, 11) is 0. The molecule has 0 fully saturated rings. The van der Waals surface area contributed by atoms with Gasteiger partial charge in [-0.2, -0.15) is 0 Å². The summed E-state index contributed by atoms with van der Waals surface area (Å²) in [6, 6.07) is 0. The highest BCUT2D eigenvalue weighted by Gasteiger charge is 1.76. The van der Waals surface area contributed by atoms with E-state index in [1.54, 1.807) is 0 Å². The van der Waals surface area contributed by atoms with Crippen molar-refractivity contribution in [1.29, 1.82) is 0 Å². The van der Waals surface area contributed by atoms with E-state index < -0.39 is 0 Å². The molecule has 0 rings (SSSR count). The molecule has 0 aromatic carbocycles. The Kier molecular flexibility index (Phi) is 5.11. The van der Waals surface area contributed by atoms with Crippen molar-refractivity contribution in [2.75, 3.05) is 13.2 Å². The highest BCUT2D eigenvalue weighted by atomic mass is 16.5. The van der Waals surface area contributed by atoms with Gasteiger partial charge in [0.25, 0.3) is 0 Å². The van der Waals surface area contributed by atoms with Gasteiger partial charge in [0.1, 0.15) is 0 Å². The van der Waals surface area contributed by atoms with Crippen LogP contribution in [-0.4, -0.2) is 13.2 Å². The smallest absolute Gasteiger partial charge is 0.0885 e. The van der Waals surface area contributed by atoms with Crippen molar-refractivity contribution in [3.05, 3.63) is 12.8 Å². The van der Waals surface area contributed by atoms with E-state index in [-0.39, 0.29) is 0 Å². The van der Waals surface area contributed by atoms with Gasteiger partial charge in [-0.3, -0.25) is 0 Å². The fourth-order valence-corrected chi connectivity index (χ4v) is 0.250. The van der Waals surface area contributed by atoms with E-state index in [1.165, 1.54) is 6.26 Å². The molecule has 0 aromatic rings. The second-order valence-corrected chi connectivity index (χ2v) is 1.18. The molecule has 0 aromatic heterocycles. The number of hydrogen-bond donors (Lipinski definition) is 1. The number of nitrogens with two attached hydrogens (primary N) is 1. The lowest BCUT2D eigenvalue weighted by Crippen LogP contribution is -2.01. The third kappa shape index (κ3) is 5.50. The van der Waals surface area contributed by atoms with Gasteiger partial charge >= 0.3 is 0 Å². The second-order valence-electron chi connectivity index (χ2n) is 1.18. The largest absolute Gasteiger partial charge is 0.502 e. The normalized spacial score (nSPS) is 8.14. The topological polar surface area (TPSA) is 35.2 Å². The minimum atomic E-state index is 0.688. The standard InChI is InChI=1S/C5H11NO/c1-2-7-5-3-4-6/h2H,1,3-6H2. The summed E-state index contributed by atoms with van der Waals surface area (Å²) in [5.41, 5.74) is 5.15. The molecule has 0 heterocycles. The highest BCUT2D eigenvalue weighted by molar-refractivity contribution is 4.48. The third-order valence-corrected chi connectivity index (χ3v) is 0.584. The Morgan fingerprint density at radius 2 is 2.43 bits per heavy atom. The van der Waals surface area contributed by atoms with Gasteiger partial charge in [-0.15, -0.1) is 0 Å². The molecule has 0 saturated heterocycles. The van der Waals surface area contributed by atoms with E-state index in [2.05, 4.69) is 6.58 Å². The Labute approximate surface area is 44.0 Å². The first kappa shape index (κ1) is 6.50. The first-order valence-corrected chi connectivity index (χ1v) is 2.34. The number of ether oxygens (including phenoxy) is 1. The van der Waals surface area contributed by atoms with Gasteiger partial charge in [0.15, 0.2) is 0 Å². The Hall–Kier alpha value is -0.500. The van der Waals surface area contributed by atoms with Crippen LogP contribution in [0.2, 0.25) is 0 Å². The summed E-state index contributed by atoms with van der Waals surface area (Å²) in [5.74, 6) is 0. The van der Waals surface area contributed by atoms with Gasteiger partial charge in [-0.1, -0.05) is 6.58 Å². The molecule has 0 aliphatic rings. The zero-order chi connectivity index (χ0) is 5.54. The highest BCUT2D eigenvalue weighted by Crippen LogP contribution is 1.76. The molecule has 0 unspecified atom stereocenters. The van der Waals surface area contributed by atoms with Crippen molar-refractivity contribution < 1.29 is 4.74 Å². The summed E-state index contributed by atoms with van der Waals surface area (Å²) in [4.78, 5) is 0. The lowest BCUT2D eigenvalue weighted by atomic mass is 10.5. The van der Waals surface area contributed by atoms with E-state index in [1.807, 2.05) is 0 Å². The molecular formula is C5H11NO. The fourth-order valence-electron chi connectivity index (χ4n) is 0.250.